The molecule has 1 aliphatic rings. The van der Waals surface area contributed by atoms with Gasteiger partial charge in [0.1, 0.15) is 0 Å². The summed E-state index contributed by atoms with van der Waals surface area (Å²) in [6.45, 7) is 0. The van der Waals surface area contributed by atoms with Crippen LogP contribution in [0.25, 0.3) is 16.7 Å². The van der Waals surface area contributed by atoms with E-state index in [-0.39, 0.29) is 5.56 Å². The van der Waals surface area contributed by atoms with Gasteiger partial charge in [-0.25, -0.2) is 14.5 Å². The van der Waals surface area contributed by atoms with E-state index in [0.29, 0.717) is 5.92 Å². The summed E-state index contributed by atoms with van der Waals surface area (Å²) < 4.78 is 1.91. The van der Waals surface area contributed by atoms with Crippen LogP contribution in [0.4, 0.5) is 0 Å². The fourth-order valence-corrected chi connectivity index (χ4v) is 3.66. The summed E-state index contributed by atoms with van der Waals surface area (Å²) >= 11 is 0. The number of carboxylic acids is 1. The summed E-state index contributed by atoms with van der Waals surface area (Å²) in [5.41, 5.74) is 2.16. The van der Waals surface area contributed by atoms with Crippen LogP contribution in [0.15, 0.2) is 42.6 Å². The van der Waals surface area contributed by atoms with Crippen LogP contribution in [0.3, 0.4) is 0 Å². The number of hydrogen-bond donors (Lipinski definition) is 1. The number of hydrogen-bond acceptors (Lipinski definition) is 3. The number of benzene rings is 1. The second-order valence-electron chi connectivity index (χ2n) is 6.36. The minimum absolute atomic E-state index is 0.267. The highest BCUT2D eigenvalue weighted by atomic mass is 16.4. The van der Waals surface area contributed by atoms with E-state index in [1.807, 2.05) is 28.9 Å². The minimum atomic E-state index is -0.927. The molecular formula is C19H19N3O2. The highest BCUT2D eigenvalue weighted by molar-refractivity contribution is 5.94. The molecule has 0 spiro atoms. The Morgan fingerprint density at radius 2 is 1.96 bits per heavy atom. The second-order valence-corrected chi connectivity index (χ2v) is 6.36. The lowest BCUT2D eigenvalue weighted by Crippen LogP contribution is -2.12. The molecule has 0 bridgehead atoms. The van der Waals surface area contributed by atoms with Crippen molar-refractivity contribution in [1.29, 1.82) is 0 Å². The van der Waals surface area contributed by atoms with Crippen LogP contribution >= 0.6 is 0 Å². The van der Waals surface area contributed by atoms with E-state index in [4.69, 9.17) is 5.10 Å². The molecule has 0 unspecified atom stereocenters. The van der Waals surface area contributed by atoms with Gasteiger partial charge in [-0.1, -0.05) is 31.4 Å². The second kappa shape index (κ2) is 6.07. The van der Waals surface area contributed by atoms with E-state index in [1.54, 1.807) is 18.3 Å². The Labute approximate surface area is 140 Å². The predicted molar refractivity (Wildman–Crippen MR) is 91.7 cm³/mol. The van der Waals surface area contributed by atoms with Gasteiger partial charge < -0.3 is 5.11 Å². The van der Waals surface area contributed by atoms with Crippen LogP contribution in [0.1, 0.15) is 54.1 Å². The maximum Gasteiger partial charge on any atom is 0.335 e. The number of fused-ring (bicyclic) bond motifs is 1. The maximum atomic E-state index is 11.3. The molecule has 0 radical (unpaired) electrons. The van der Waals surface area contributed by atoms with Gasteiger partial charge >= 0.3 is 5.97 Å². The fourth-order valence-electron chi connectivity index (χ4n) is 3.66. The quantitative estimate of drug-likeness (QED) is 0.786. The average molecular weight is 321 g/mol. The van der Waals surface area contributed by atoms with Crippen LogP contribution in [0, 0.1) is 0 Å². The molecule has 0 amide bonds. The van der Waals surface area contributed by atoms with E-state index in [2.05, 4.69) is 4.98 Å². The minimum Gasteiger partial charge on any atom is -0.478 e. The molecule has 1 fully saturated rings. The van der Waals surface area contributed by atoms with Gasteiger partial charge in [0.25, 0.3) is 0 Å². The zero-order valence-electron chi connectivity index (χ0n) is 13.4. The Balaban J connectivity index is 1.93. The van der Waals surface area contributed by atoms with Gasteiger partial charge in [0, 0.05) is 17.5 Å². The molecule has 1 aromatic carbocycles. The van der Waals surface area contributed by atoms with Gasteiger partial charge in [0.2, 0.25) is 0 Å². The molecule has 24 heavy (non-hydrogen) atoms. The zero-order chi connectivity index (χ0) is 16.5. The Hall–Kier alpha value is -2.69. The summed E-state index contributed by atoms with van der Waals surface area (Å²) in [5, 5.41) is 15.0. The first-order valence-corrected chi connectivity index (χ1v) is 8.41. The Morgan fingerprint density at radius 3 is 2.67 bits per heavy atom. The van der Waals surface area contributed by atoms with Crippen LogP contribution in [0.2, 0.25) is 0 Å². The third kappa shape index (κ3) is 2.56. The van der Waals surface area contributed by atoms with Crippen molar-refractivity contribution in [3.63, 3.8) is 0 Å². The first kappa shape index (κ1) is 14.9. The molecular weight excluding hydrogens is 302 g/mol. The maximum absolute atomic E-state index is 11.3. The Bertz CT molecular complexity index is 880. The van der Waals surface area contributed by atoms with Gasteiger partial charge in [-0.2, -0.15) is 5.10 Å². The van der Waals surface area contributed by atoms with E-state index in [9.17, 15) is 9.90 Å². The summed E-state index contributed by atoms with van der Waals surface area (Å²) in [6, 6.07) is 11.0. The van der Waals surface area contributed by atoms with Crippen LogP contribution < -0.4 is 0 Å². The largest absolute Gasteiger partial charge is 0.478 e. The first-order chi connectivity index (χ1) is 11.7. The summed E-state index contributed by atoms with van der Waals surface area (Å²) in [6.07, 6.45) is 7.80. The lowest BCUT2D eigenvalue weighted by molar-refractivity contribution is 0.0697. The van der Waals surface area contributed by atoms with Crippen LogP contribution in [0.5, 0.6) is 0 Å². The number of nitrogens with zero attached hydrogens (tertiary/aromatic N) is 3. The van der Waals surface area contributed by atoms with Gasteiger partial charge in [-0.3, -0.25) is 0 Å². The van der Waals surface area contributed by atoms with E-state index in [0.717, 1.165) is 29.6 Å². The highest BCUT2D eigenvalue weighted by Crippen LogP contribution is 2.37. The first-order valence-electron chi connectivity index (χ1n) is 8.41. The van der Waals surface area contributed by atoms with Crippen molar-refractivity contribution in [2.75, 3.05) is 0 Å². The summed E-state index contributed by atoms with van der Waals surface area (Å²) in [7, 11) is 0. The van der Waals surface area contributed by atoms with E-state index in [1.165, 1.54) is 25.0 Å². The molecule has 0 atom stereocenters. The van der Waals surface area contributed by atoms with Crippen molar-refractivity contribution < 1.29 is 9.90 Å². The number of aromatic carboxylic acids is 1. The molecule has 5 nitrogen and oxygen atoms in total. The van der Waals surface area contributed by atoms with Gasteiger partial charge in [-0.05, 0) is 37.1 Å². The third-order valence-corrected chi connectivity index (χ3v) is 4.81. The SMILES string of the molecule is O=C(O)c1ccc2c(C3CCCCC3)n(-c3ccccn3)nc2c1. The smallest absolute Gasteiger partial charge is 0.335 e. The normalized spacial score (nSPS) is 15.7. The molecule has 2 heterocycles. The summed E-state index contributed by atoms with van der Waals surface area (Å²) in [5.74, 6) is 0.302. The molecule has 122 valence electrons. The molecule has 1 saturated carbocycles. The molecule has 3 aromatic rings. The zero-order valence-corrected chi connectivity index (χ0v) is 13.4. The van der Waals surface area contributed by atoms with Gasteiger partial charge in [0.15, 0.2) is 5.82 Å². The standard InChI is InChI=1S/C19H19N3O2/c23-19(24)14-9-10-15-16(12-14)21-22(17-8-4-5-11-20-17)18(15)13-6-2-1-3-7-13/h4-5,8-13H,1-3,6-7H2,(H,23,24). The van der Waals surface area contributed by atoms with Crippen LogP contribution in [-0.2, 0) is 0 Å². The molecule has 2 aromatic heterocycles. The van der Waals surface area contributed by atoms with Crippen molar-refractivity contribution in [2.24, 2.45) is 0 Å². The summed E-state index contributed by atoms with van der Waals surface area (Å²) in [4.78, 5) is 15.7. The van der Waals surface area contributed by atoms with Crippen molar-refractivity contribution in [1.82, 2.24) is 14.8 Å². The van der Waals surface area contributed by atoms with Crippen molar-refractivity contribution in [3.8, 4) is 5.82 Å². The number of pyridine rings is 1. The van der Waals surface area contributed by atoms with Crippen molar-refractivity contribution >= 4 is 16.9 Å². The molecule has 5 heteroatoms. The van der Waals surface area contributed by atoms with E-state index < -0.39 is 5.97 Å². The Kier molecular flexibility index (Phi) is 3.76. The molecule has 0 saturated heterocycles. The molecule has 0 aliphatic heterocycles. The number of carbonyl (C=O) groups is 1. The Morgan fingerprint density at radius 1 is 1.12 bits per heavy atom. The van der Waals surface area contributed by atoms with E-state index >= 15 is 0 Å². The van der Waals surface area contributed by atoms with Crippen molar-refractivity contribution in [3.05, 3.63) is 53.9 Å². The lowest BCUT2D eigenvalue weighted by Gasteiger charge is -2.22. The molecule has 1 aliphatic carbocycles. The van der Waals surface area contributed by atoms with Gasteiger partial charge in [-0.15, -0.1) is 0 Å². The predicted octanol–water partition coefficient (Wildman–Crippen LogP) is 4.17. The monoisotopic (exact) mass is 321 g/mol. The third-order valence-electron chi connectivity index (χ3n) is 4.81. The van der Waals surface area contributed by atoms with Crippen molar-refractivity contribution in [2.45, 2.75) is 38.0 Å². The number of carboxylic acid groups (broad SMARTS) is 1. The van der Waals surface area contributed by atoms with Crippen LogP contribution in [-0.4, -0.2) is 25.8 Å². The highest BCUT2D eigenvalue weighted by Gasteiger charge is 2.24. The fraction of sp³-hybridized carbons (Fsp3) is 0.316. The lowest BCUT2D eigenvalue weighted by atomic mass is 9.85. The topological polar surface area (TPSA) is 68.0 Å². The number of rotatable bonds is 3. The average Bonchev–Trinajstić information content (AvgIpc) is 3.01. The number of aromatic nitrogens is 3. The molecule has 4 rings (SSSR count). The molecule has 1 N–H and O–H groups in total. The van der Waals surface area contributed by atoms with Gasteiger partial charge in [0.05, 0.1) is 16.8 Å².